The first-order chi connectivity index (χ1) is 6.18. The van der Waals surface area contributed by atoms with Gasteiger partial charge in [-0.1, -0.05) is 6.92 Å². The fraction of sp³-hybridized carbons (Fsp3) is 0.364. The molecule has 2 rings (SSSR count). The van der Waals surface area contributed by atoms with Crippen molar-refractivity contribution in [2.24, 2.45) is 0 Å². The minimum Gasteiger partial charge on any atom is -0.508 e. The molecule has 2 nitrogen and oxygen atoms in total. The van der Waals surface area contributed by atoms with E-state index in [1.54, 1.807) is 18.2 Å². The number of rotatable bonds is 0. The van der Waals surface area contributed by atoms with Crippen LogP contribution in [0.1, 0.15) is 41.6 Å². The molecule has 1 aliphatic carbocycles. The first-order valence-corrected chi connectivity index (χ1v) is 4.54. The van der Waals surface area contributed by atoms with E-state index < -0.39 is 0 Å². The zero-order valence-corrected chi connectivity index (χ0v) is 7.58. The second-order valence-electron chi connectivity index (χ2n) is 3.63. The SMILES string of the molecule is CC1CCC(=O)c2ccc(O)cc21. The Balaban J connectivity index is 2.57. The van der Waals surface area contributed by atoms with E-state index in [0.717, 1.165) is 17.5 Å². The van der Waals surface area contributed by atoms with Crippen LogP contribution in [0, 0.1) is 0 Å². The molecule has 1 aromatic carbocycles. The highest BCUT2D eigenvalue weighted by molar-refractivity contribution is 5.98. The summed E-state index contributed by atoms with van der Waals surface area (Å²) < 4.78 is 0. The summed E-state index contributed by atoms with van der Waals surface area (Å²) in [7, 11) is 0. The summed E-state index contributed by atoms with van der Waals surface area (Å²) in [6.45, 7) is 2.09. The molecule has 1 atom stereocenters. The van der Waals surface area contributed by atoms with Crippen LogP contribution in [-0.4, -0.2) is 10.9 Å². The Bertz CT molecular complexity index is 355. The number of carbonyl (C=O) groups excluding carboxylic acids is 1. The van der Waals surface area contributed by atoms with Crippen molar-refractivity contribution in [2.75, 3.05) is 0 Å². The monoisotopic (exact) mass is 176 g/mol. The minimum atomic E-state index is 0.202. The maximum Gasteiger partial charge on any atom is 0.163 e. The number of phenolic OH excluding ortho intramolecular Hbond substituents is 1. The van der Waals surface area contributed by atoms with Gasteiger partial charge in [0, 0.05) is 12.0 Å². The molecule has 13 heavy (non-hydrogen) atoms. The molecule has 1 N–H and O–H groups in total. The van der Waals surface area contributed by atoms with Gasteiger partial charge < -0.3 is 5.11 Å². The van der Waals surface area contributed by atoms with Crippen molar-refractivity contribution < 1.29 is 9.90 Å². The summed E-state index contributed by atoms with van der Waals surface area (Å²) in [5.74, 6) is 0.841. The van der Waals surface area contributed by atoms with E-state index >= 15 is 0 Å². The van der Waals surface area contributed by atoms with Gasteiger partial charge in [-0.15, -0.1) is 0 Å². The number of ketones is 1. The van der Waals surface area contributed by atoms with E-state index in [1.807, 2.05) is 0 Å². The first-order valence-electron chi connectivity index (χ1n) is 4.54. The molecule has 0 amide bonds. The summed E-state index contributed by atoms with van der Waals surface area (Å²) in [4.78, 5) is 11.5. The fourth-order valence-corrected chi connectivity index (χ4v) is 1.85. The maximum absolute atomic E-state index is 11.5. The molecule has 2 heteroatoms. The molecule has 0 aromatic heterocycles. The summed E-state index contributed by atoms with van der Waals surface area (Å²) >= 11 is 0. The van der Waals surface area contributed by atoms with Crippen molar-refractivity contribution in [1.29, 1.82) is 0 Å². The molecule has 0 fully saturated rings. The topological polar surface area (TPSA) is 37.3 Å². The third kappa shape index (κ3) is 1.32. The molecule has 0 bridgehead atoms. The molecule has 1 aliphatic rings. The van der Waals surface area contributed by atoms with Crippen LogP contribution >= 0.6 is 0 Å². The average Bonchev–Trinajstić information content (AvgIpc) is 2.12. The van der Waals surface area contributed by atoms with E-state index in [-0.39, 0.29) is 11.5 Å². The fourth-order valence-electron chi connectivity index (χ4n) is 1.85. The Kier molecular flexibility index (Phi) is 1.83. The van der Waals surface area contributed by atoms with Crippen LogP contribution in [0.3, 0.4) is 0 Å². The van der Waals surface area contributed by atoms with E-state index in [2.05, 4.69) is 6.92 Å². The number of phenols is 1. The largest absolute Gasteiger partial charge is 0.508 e. The molecule has 1 aromatic rings. The lowest BCUT2D eigenvalue weighted by Crippen LogP contribution is -2.13. The van der Waals surface area contributed by atoms with Crippen molar-refractivity contribution in [3.8, 4) is 5.75 Å². The average molecular weight is 176 g/mol. The number of carbonyl (C=O) groups is 1. The molecule has 0 saturated carbocycles. The molecule has 0 aliphatic heterocycles. The second-order valence-corrected chi connectivity index (χ2v) is 3.63. The van der Waals surface area contributed by atoms with Crippen LogP contribution in [0.25, 0.3) is 0 Å². The van der Waals surface area contributed by atoms with Gasteiger partial charge in [0.05, 0.1) is 0 Å². The van der Waals surface area contributed by atoms with Crippen LogP contribution in [0.15, 0.2) is 18.2 Å². The van der Waals surface area contributed by atoms with Gasteiger partial charge in [0.2, 0.25) is 0 Å². The first kappa shape index (κ1) is 8.30. The van der Waals surface area contributed by atoms with E-state index in [9.17, 15) is 9.90 Å². The smallest absolute Gasteiger partial charge is 0.163 e. The highest BCUT2D eigenvalue weighted by atomic mass is 16.3. The van der Waals surface area contributed by atoms with Gasteiger partial charge in [-0.3, -0.25) is 4.79 Å². The van der Waals surface area contributed by atoms with Gasteiger partial charge in [0.1, 0.15) is 5.75 Å². The number of aromatic hydroxyl groups is 1. The molecule has 0 spiro atoms. The van der Waals surface area contributed by atoms with Crippen LogP contribution in [0.4, 0.5) is 0 Å². The lowest BCUT2D eigenvalue weighted by Gasteiger charge is -2.20. The van der Waals surface area contributed by atoms with Crippen LogP contribution < -0.4 is 0 Å². The predicted molar refractivity (Wildman–Crippen MR) is 50.1 cm³/mol. The van der Waals surface area contributed by atoms with Crippen molar-refractivity contribution in [1.82, 2.24) is 0 Å². The number of benzene rings is 1. The third-order valence-electron chi connectivity index (χ3n) is 2.67. The highest BCUT2D eigenvalue weighted by Crippen LogP contribution is 2.32. The van der Waals surface area contributed by atoms with Crippen molar-refractivity contribution >= 4 is 5.78 Å². The molecule has 0 radical (unpaired) electrons. The van der Waals surface area contributed by atoms with Gasteiger partial charge in [-0.05, 0) is 36.1 Å². The van der Waals surface area contributed by atoms with Crippen molar-refractivity contribution in [3.05, 3.63) is 29.3 Å². The zero-order valence-electron chi connectivity index (χ0n) is 7.58. The highest BCUT2D eigenvalue weighted by Gasteiger charge is 2.22. The van der Waals surface area contributed by atoms with Crippen LogP contribution in [-0.2, 0) is 0 Å². The third-order valence-corrected chi connectivity index (χ3v) is 2.67. The van der Waals surface area contributed by atoms with E-state index in [1.165, 1.54) is 0 Å². The Morgan fingerprint density at radius 2 is 2.23 bits per heavy atom. The van der Waals surface area contributed by atoms with Crippen molar-refractivity contribution in [3.63, 3.8) is 0 Å². The van der Waals surface area contributed by atoms with E-state index in [0.29, 0.717) is 12.3 Å². The summed E-state index contributed by atoms with van der Waals surface area (Å²) in [5.41, 5.74) is 1.79. The lowest BCUT2D eigenvalue weighted by atomic mass is 9.83. The number of Topliss-reactive ketones (excluding diaryl/α,β-unsaturated/α-hetero) is 1. The quantitative estimate of drug-likeness (QED) is 0.659. The Morgan fingerprint density at radius 3 is 3.00 bits per heavy atom. The van der Waals surface area contributed by atoms with E-state index in [4.69, 9.17) is 0 Å². The Morgan fingerprint density at radius 1 is 1.46 bits per heavy atom. The predicted octanol–water partition coefficient (Wildman–Crippen LogP) is 2.47. The standard InChI is InChI=1S/C11H12O2/c1-7-2-5-11(13)9-4-3-8(12)6-10(7)9/h3-4,6-7,12H,2,5H2,1H3. The van der Waals surface area contributed by atoms with Gasteiger partial charge in [-0.2, -0.15) is 0 Å². The summed E-state index contributed by atoms with van der Waals surface area (Å²) in [5, 5.41) is 9.28. The van der Waals surface area contributed by atoms with Gasteiger partial charge in [0.25, 0.3) is 0 Å². The van der Waals surface area contributed by atoms with Crippen LogP contribution in [0.5, 0.6) is 5.75 Å². The minimum absolute atomic E-state index is 0.202. The number of fused-ring (bicyclic) bond motifs is 1. The summed E-state index contributed by atoms with van der Waals surface area (Å²) in [6.07, 6.45) is 1.54. The molecular formula is C11H12O2. The molecule has 68 valence electrons. The molecule has 1 unspecified atom stereocenters. The second kappa shape index (κ2) is 2.87. The van der Waals surface area contributed by atoms with Crippen molar-refractivity contribution in [2.45, 2.75) is 25.7 Å². The Hall–Kier alpha value is -1.31. The number of hydrogen-bond donors (Lipinski definition) is 1. The van der Waals surface area contributed by atoms with Gasteiger partial charge in [0.15, 0.2) is 5.78 Å². The molecular weight excluding hydrogens is 164 g/mol. The number of hydrogen-bond acceptors (Lipinski definition) is 2. The van der Waals surface area contributed by atoms with Gasteiger partial charge in [-0.25, -0.2) is 0 Å². The lowest BCUT2D eigenvalue weighted by molar-refractivity contribution is 0.0968. The summed E-state index contributed by atoms with van der Waals surface area (Å²) in [6, 6.07) is 5.01. The normalized spacial score (nSPS) is 21.3. The zero-order chi connectivity index (χ0) is 9.42. The maximum atomic E-state index is 11.5. The molecule has 0 saturated heterocycles. The molecule has 0 heterocycles. The van der Waals surface area contributed by atoms with Gasteiger partial charge >= 0.3 is 0 Å². The Labute approximate surface area is 77.2 Å². The van der Waals surface area contributed by atoms with Crippen LogP contribution in [0.2, 0.25) is 0 Å².